The molecule has 0 bridgehead atoms. The van der Waals surface area contributed by atoms with E-state index in [1.807, 2.05) is 0 Å². The van der Waals surface area contributed by atoms with Gasteiger partial charge in [0.25, 0.3) is 0 Å². The van der Waals surface area contributed by atoms with Crippen LogP contribution in [0.3, 0.4) is 0 Å². The smallest absolute Gasteiger partial charge is 0.169 e. The van der Waals surface area contributed by atoms with E-state index in [9.17, 15) is 13.2 Å². The summed E-state index contributed by atoms with van der Waals surface area (Å²) in [6.07, 6.45) is 12.1. The Kier molecular flexibility index (Phi) is 5.99. The van der Waals surface area contributed by atoms with E-state index >= 15 is 0 Å². The van der Waals surface area contributed by atoms with Crippen LogP contribution in [-0.4, -0.2) is 0 Å². The van der Waals surface area contributed by atoms with Crippen LogP contribution in [-0.2, 0) is 0 Å². The first-order valence-corrected chi connectivity index (χ1v) is 11.1. The Morgan fingerprint density at radius 2 is 1.68 bits per heavy atom. The molecule has 0 radical (unpaired) electrons. The van der Waals surface area contributed by atoms with Crippen LogP contribution in [0.15, 0.2) is 24.3 Å². The Morgan fingerprint density at radius 1 is 0.893 bits per heavy atom. The summed E-state index contributed by atoms with van der Waals surface area (Å²) in [7, 11) is 0. The third-order valence-corrected chi connectivity index (χ3v) is 7.40. The summed E-state index contributed by atoms with van der Waals surface area (Å²) >= 11 is 0. The molecule has 4 rings (SSSR count). The zero-order valence-electron chi connectivity index (χ0n) is 16.8. The highest BCUT2D eigenvalue weighted by Gasteiger charge is 2.37. The third-order valence-electron chi connectivity index (χ3n) is 7.40. The Labute approximate surface area is 166 Å². The molecule has 2 aromatic rings. The minimum atomic E-state index is -1.02. The minimum absolute atomic E-state index is 0.0556. The molecular weight excluding hydrogens is 357 g/mol. The summed E-state index contributed by atoms with van der Waals surface area (Å²) in [6, 6.07) is 6.12. The highest BCUT2D eigenvalue weighted by molar-refractivity contribution is 5.84. The zero-order chi connectivity index (χ0) is 19.7. The molecule has 2 fully saturated rings. The van der Waals surface area contributed by atoms with Crippen LogP contribution in [0.5, 0.6) is 0 Å². The lowest BCUT2D eigenvalue weighted by atomic mass is 9.63. The van der Waals surface area contributed by atoms with Crippen LogP contribution in [0.2, 0.25) is 0 Å². The first-order chi connectivity index (χ1) is 13.6. The van der Waals surface area contributed by atoms with Gasteiger partial charge in [0.15, 0.2) is 11.6 Å². The van der Waals surface area contributed by atoms with Crippen molar-refractivity contribution in [1.82, 2.24) is 0 Å². The zero-order valence-corrected chi connectivity index (χ0v) is 16.8. The van der Waals surface area contributed by atoms with Gasteiger partial charge in [-0.05, 0) is 78.9 Å². The second-order valence-corrected chi connectivity index (χ2v) is 9.14. The Hall–Kier alpha value is -1.51. The molecule has 0 heterocycles. The summed E-state index contributed by atoms with van der Waals surface area (Å²) in [5, 5.41) is 0.251. The maximum absolute atomic E-state index is 14.8. The molecule has 0 N–H and O–H groups in total. The monoisotopic (exact) mass is 388 g/mol. The number of halogens is 3. The van der Waals surface area contributed by atoms with E-state index in [0.717, 1.165) is 31.1 Å². The van der Waals surface area contributed by atoms with Crippen molar-refractivity contribution in [3.05, 3.63) is 47.3 Å². The number of hydrogen-bond acceptors (Lipinski definition) is 0. The average molecular weight is 389 g/mol. The molecule has 4 atom stereocenters. The van der Waals surface area contributed by atoms with Crippen LogP contribution >= 0.6 is 0 Å². The summed E-state index contributed by atoms with van der Waals surface area (Å²) in [4.78, 5) is 0. The average Bonchev–Trinajstić information content (AvgIpc) is 2.70. The number of hydrogen-bond donors (Lipinski definition) is 0. The SMILES string of the molecule is CCCCCC1CCC2CC(c3cc4cccc(F)c4c(F)c3F)CCC2C1. The number of rotatable bonds is 5. The van der Waals surface area contributed by atoms with Crippen LogP contribution in [0, 0.1) is 35.2 Å². The Balaban J connectivity index is 1.49. The molecule has 152 valence electrons. The van der Waals surface area contributed by atoms with Gasteiger partial charge in [-0.15, -0.1) is 0 Å². The number of benzene rings is 2. The quantitative estimate of drug-likeness (QED) is 0.453. The summed E-state index contributed by atoms with van der Waals surface area (Å²) in [6.45, 7) is 2.25. The van der Waals surface area contributed by atoms with Gasteiger partial charge in [0.05, 0.1) is 5.39 Å². The lowest BCUT2D eigenvalue weighted by Crippen LogP contribution is -2.30. The van der Waals surface area contributed by atoms with Gasteiger partial charge in [-0.1, -0.05) is 51.2 Å². The molecule has 2 saturated carbocycles. The van der Waals surface area contributed by atoms with Gasteiger partial charge in [0.1, 0.15) is 5.82 Å². The van der Waals surface area contributed by atoms with Crippen molar-refractivity contribution in [3.63, 3.8) is 0 Å². The van der Waals surface area contributed by atoms with Crippen molar-refractivity contribution in [2.45, 2.75) is 77.0 Å². The van der Waals surface area contributed by atoms with Crippen molar-refractivity contribution < 1.29 is 13.2 Å². The van der Waals surface area contributed by atoms with Gasteiger partial charge in [-0.3, -0.25) is 0 Å². The summed E-state index contributed by atoms with van der Waals surface area (Å²) in [5.74, 6) is -0.247. The molecule has 2 aliphatic rings. The molecule has 0 amide bonds. The van der Waals surface area contributed by atoms with Crippen LogP contribution in [0.25, 0.3) is 10.8 Å². The normalized spacial score (nSPS) is 27.7. The molecule has 0 nitrogen and oxygen atoms in total. The van der Waals surface area contributed by atoms with E-state index in [1.54, 1.807) is 18.2 Å². The second-order valence-electron chi connectivity index (χ2n) is 9.14. The van der Waals surface area contributed by atoms with Gasteiger partial charge < -0.3 is 0 Å². The first-order valence-electron chi connectivity index (χ1n) is 11.1. The molecule has 2 aromatic carbocycles. The predicted octanol–water partition coefficient (Wildman–Crippen LogP) is 8.14. The molecule has 3 heteroatoms. The molecule has 28 heavy (non-hydrogen) atoms. The van der Waals surface area contributed by atoms with Gasteiger partial charge in [0, 0.05) is 0 Å². The van der Waals surface area contributed by atoms with E-state index in [0.29, 0.717) is 16.9 Å². The third kappa shape index (κ3) is 3.82. The van der Waals surface area contributed by atoms with Gasteiger partial charge in [0.2, 0.25) is 0 Å². The molecule has 0 saturated heterocycles. The standard InChI is InChI=1S/C25H31F3/c1-2-3-4-6-16-9-10-18-14-19(12-11-17(18)13-16)21-15-20-7-5-8-22(26)23(20)25(28)24(21)27/h5,7-8,15-19H,2-4,6,9-14H2,1H3. The molecular formula is C25H31F3. The van der Waals surface area contributed by atoms with Crippen molar-refractivity contribution >= 4 is 10.8 Å². The summed E-state index contributed by atoms with van der Waals surface area (Å²) in [5.41, 5.74) is 0.458. The van der Waals surface area contributed by atoms with E-state index in [1.165, 1.54) is 51.0 Å². The molecule has 2 aliphatic carbocycles. The lowest BCUT2D eigenvalue weighted by molar-refractivity contribution is 0.112. The fraction of sp³-hybridized carbons (Fsp3) is 0.600. The fourth-order valence-corrected chi connectivity index (χ4v) is 5.87. The molecule has 0 aliphatic heterocycles. The Bertz CT molecular complexity index is 828. The highest BCUT2D eigenvalue weighted by Crippen LogP contribution is 2.49. The Morgan fingerprint density at radius 3 is 2.50 bits per heavy atom. The molecule has 4 unspecified atom stereocenters. The van der Waals surface area contributed by atoms with Crippen molar-refractivity contribution in [1.29, 1.82) is 0 Å². The first kappa shape index (κ1) is 19.8. The van der Waals surface area contributed by atoms with E-state index in [-0.39, 0.29) is 11.3 Å². The highest BCUT2D eigenvalue weighted by atomic mass is 19.2. The molecule has 0 aromatic heterocycles. The maximum Gasteiger partial charge on any atom is 0.169 e. The molecule has 0 spiro atoms. The number of fused-ring (bicyclic) bond motifs is 2. The van der Waals surface area contributed by atoms with Crippen molar-refractivity contribution in [2.75, 3.05) is 0 Å². The largest absolute Gasteiger partial charge is 0.206 e. The van der Waals surface area contributed by atoms with Crippen molar-refractivity contribution in [2.24, 2.45) is 17.8 Å². The predicted molar refractivity (Wildman–Crippen MR) is 109 cm³/mol. The lowest BCUT2D eigenvalue weighted by Gasteiger charge is -2.42. The summed E-state index contributed by atoms with van der Waals surface area (Å²) < 4.78 is 43.4. The van der Waals surface area contributed by atoms with Gasteiger partial charge >= 0.3 is 0 Å². The minimum Gasteiger partial charge on any atom is -0.206 e. The van der Waals surface area contributed by atoms with Gasteiger partial charge in [-0.2, -0.15) is 0 Å². The number of unbranched alkanes of at least 4 members (excludes halogenated alkanes) is 2. The maximum atomic E-state index is 14.8. The van der Waals surface area contributed by atoms with Crippen molar-refractivity contribution in [3.8, 4) is 0 Å². The topological polar surface area (TPSA) is 0 Å². The van der Waals surface area contributed by atoms with Crippen LogP contribution < -0.4 is 0 Å². The van der Waals surface area contributed by atoms with E-state index in [4.69, 9.17) is 0 Å². The second kappa shape index (κ2) is 8.47. The van der Waals surface area contributed by atoms with Crippen LogP contribution in [0.1, 0.15) is 82.6 Å². The van der Waals surface area contributed by atoms with E-state index in [2.05, 4.69) is 6.92 Å². The fourth-order valence-electron chi connectivity index (χ4n) is 5.87. The van der Waals surface area contributed by atoms with E-state index < -0.39 is 17.5 Å². The van der Waals surface area contributed by atoms with Crippen LogP contribution in [0.4, 0.5) is 13.2 Å². The van der Waals surface area contributed by atoms with Gasteiger partial charge in [-0.25, -0.2) is 13.2 Å².